The van der Waals surface area contributed by atoms with E-state index in [1.54, 1.807) is 0 Å². The van der Waals surface area contributed by atoms with E-state index in [-0.39, 0.29) is 11.0 Å². The Bertz CT molecular complexity index is 224. The summed E-state index contributed by atoms with van der Waals surface area (Å²) in [5.74, 6) is 0. The molecule has 0 bridgehead atoms. The number of aliphatic hydroxyl groups is 1. The highest BCUT2D eigenvalue weighted by molar-refractivity contribution is 5.06. The second-order valence-electron chi connectivity index (χ2n) is 5.66. The van der Waals surface area contributed by atoms with Crippen molar-refractivity contribution in [2.24, 2.45) is 5.41 Å². The Labute approximate surface area is 92.8 Å². The van der Waals surface area contributed by atoms with E-state index in [1.807, 2.05) is 0 Å². The third kappa shape index (κ3) is 1.71. The lowest BCUT2D eigenvalue weighted by atomic mass is 9.74. The zero-order valence-electron chi connectivity index (χ0n) is 10.1. The predicted octanol–water partition coefficient (Wildman–Crippen LogP) is 0.833. The van der Waals surface area contributed by atoms with Crippen LogP contribution < -0.4 is 5.32 Å². The summed E-state index contributed by atoms with van der Waals surface area (Å²) in [5, 5.41) is 13.2. The number of piperazine rings is 1. The van der Waals surface area contributed by atoms with Crippen LogP contribution in [-0.4, -0.2) is 48.3 Å². The van der Waals surface area contributed by atoms with E-state index >= 15 is 0 Å². The fourth-order valence-corrected chi connectivity index (χ4v) is 3.47. The minimum Gasteiger partial charge on any atom is -0.394 e. The molecular formula is C12H24N2O. The monoisotopic (exact) mass is 212 g/mol. The summed E-state index contributed by atoms with van der Waals surface area (Å²) in [6.45, 7) is 9.26. The first-order valence-electron chi connectivity index (χ1n) is 6.19. The number of rotatable bonds is 2. The van der Waals surface area contributed by atoms with Gasteiger partial charge >= 0.3 is 0 Å². The molecule has 2 rings (SSSR count). The lowest BCUT2D eigenvalue weighted by Gasteiger charge is -2.50. The zero-order valence-corrected chi connectivity index (χ0v) is 10.1. The first-order chi connectivity index (χ1) is 7.12. The average Bonchev–Trinajstić information content (AvgIpc) is 2.55. The second kappa shape index (κ2) is 4.04. The van der Waals surface area contributed by atoms with Gasteiger partial charge in [0.2, 0.25) is 0 Å². The molecule has 1 saturated heterocycles. The minimum absolute atomic E-state index is 0.0507. The highest BCUT2D eigenvalue weighted by atomic mass is 16.3. The van der Waals surface area contributed by atoms with Gasteiger partial charge in [0, 0.05) is 31.7 Å². The van der Waals surface area contributed by atoms with Crippen LogP contribution in [0.4, 0.5) is 0 Å². The smallest absolute Gasteiger partial charge is 0.0620 e. The van der Waals surface area contributed by atoms with Gasteiger partial charge in [-0.1, -0.05) is 20.3 Å². The molecule has 1 aliphatic heterocycles. The quantitative estimate of drug-likeness (QED) is 0.712. The van der Waals surface area contributed by atoms with E-state index in [0.29, 0.717) is 6.61 Å². The largest absolute Gasteiger partial charge is 0.394 e. The van der Waals surface area contributed by atoms with Gasteiger partial charge < -0.3 is 10.4 Å². The van der Waals surface area contributed by atoms with E-state index in [2.05, 4.69) is 24.1 Å². The van der Waals surface area contributed by atoms with E-state index in [0.717, 1.165) is 32.6 Å². The number of hydrogen-bond donors (Lipinski definition) is 2. The second-order valence-corrected chi connectivity index (χ2v) is 5.66. The fraction of sp³-hybridized carbons (Fsp3) is 1.00. The van der Waals surface area contributed by atoms with Crippen molar-refractivity contribution in [3.05, 3.63) is 0 Å². The summed E-state index contributed by atoms with van der Waals surface area (Å²) in [4.78, 5) is 2.52. The van der Waals surface area contributed by atoms with Gasteiger partial charge in [-0.25, -0.2) is 0 Å². The summed E-state index contributed by atoms with van der Waals surface area (Å²) in [6, 6.07) is 0. The molecule has 0 spiro atoms. The van der Waals surface area contributed by atoms with Crippen LogP contribution in [0.2, 0.25) is 0 Å². The van der Waals surface area contributed by atoms with Gasteiger partial charge in [0.05, 0.1) is 6.61 Å². The molecule has 0 amide bonds. The standard InChI is InChI=1S/C12H24N2O/c1-11(2)4-3-5-12(11,10-15)14-8-6-13-7-9-14/h13,15H,3-10H2,1-2H3. The molecule has 0 radical (unpaired) electrons. The van der Waals surface area contributed by atoms with Crippen LogP contribution in [0.1, 0.15) is 33.1 Å². The number of nitrogens with one attached hydrogen (secondary N) is 1. The molecule has 1 unspecified atom stereocenters. The van der Waals surface area contributed by atoms with Crippen LogP contribution in [0.5, 0.6) is 0 Å². The van der Waals surface area contributed by atoms with Crippen molar-refractivity contribution in [2.75, 3.05) is 32.8 Å². The van der Waals surface area contributed by atoms with Gasteiger partial charge in [-0.15, -0.1) is 0 Å². The van der Waals surface area contributed by atoms with Crippen LogP contribution in [0.15, 0.2) is 0 Å². The Morgan fingerprint density at radius 2 is 1.87 bits per heavy atom. The Morgan fingerprint density at radius 3 is 2.33 bits per heavy atom. The van der Waals surface area contributed by atoms with Gasteiger partial charge in [-0.3, -0.25) is 4.90 Å². The van der Waals surface area contributed by atoms with Crippen LogP contribution >= 0.6 is 0 Å². The highest BCUT2D eigenvalue weighted by Crippen LogP contribution is 2.49. The van der Waals surface area contributed by atoms with Crippen molar-refractivity contribution in [1.29, 1.82) is 0 Å². The van der Waals surface area contributed by atoms with Crippen molar-refractivity contribution >= 4 is 0 Å². The topological polar surface area (TPSA) is 35.5 Å². The van der Waals surface area contributed by atoms with E-state index in [1.165, 1.54) is 12.8 Å². The van der Waals surface area contributed by atoms with E-state index in [4.69, 9.17) is 0 Å². The first kappa shape index (κ1) is 11.4. The molecule has 0 aromatic carbocycles. The zero-order chi connectivity index (χ0) is 10.9. The Hall–Kier alpha value is -0.120. The average molecular weight is 212 g/mol. The molecule has 88 valence electrons. The summed E-state index contributed by atoms with van der Waals surface area (Å²) in [7, 11) is 0. The minimum atomic E-state index is 0.0507. The molecule has 3 nitrogen and oxygen atoms in total. The molecule has 2 fully saturated rings. The third-order valence-corrected chi connectivity index (χ3v) is 4.64. The van der Waals surface area contributed by atoms with Crippen LogP contribution in [0.3, 0.4) is 0 Å². The number of nitrogens with zero attached hydrogens (tertiary/aromatic N) is 1. The summed E-state index contributed by atoms with van der Waals surface area (Å²) in [5.41, 5.74) is 0.314. The maximum Gasteiger partial charge on any atom is 0.0620 e. The van der Waals surface area contributed by atoms with Gasteiger partial charge in [-0.2, -0.15) is 0 Å². The molecule has 0 aromatic heterocycles. The molecule has 1 atom stereocenters. The normalized spacial score (nSPS) is 37.0. The number of hydrogen-bond acceptors (Lipinski definition) is 3. The molecule has 1 heterocycles. The van der Waals surface area contributed by atoms with Crippen molar-refractivity contribution < 1.29 is 5.11 Å². The van der Waals surface area contributed by atoms with Crippen molar-refractivity contribution in [3.63, 3.8) is 0 Å². The Kier molecular flexibility index (Phi) is 3.06. The summed E-state index contributed by atoms with van der Waals surface area (Å²) < 4.78 is 0. The van der Waals surface area contributed by atoms with Crippen molar-refractivity contribution in [2.45, 2.75) is 38.6 Å². The van der Waals surface area contributed by atoms with Crippen molar-refractivity contribution in [3.8, 4) is 0 Å². The fourth-order valence-electron chi connectivity index (χ4n) is 3.47. The summed E-state index contributed by atoms with van der Waals surface area (Å²) >= 11 is 0. The molecule has 3 heteroatoms. The third-order valence-electron chi connectivity index (χ3n) is 4.64. The lowest BCUT2D eigenvalue weighted by molar-refractivity contribution is -0.0424. The summed E-state index contributed by atoms with van der Waals surface area (Å²) in [6.07, 6.45) is 3.67. The van der Waals surface area contributed by atoms with Gasteiger partial charge in [0.1, 0.15) is 0 Å². The lowest BCUT2D eigenvalue weighted by Crippen LogP contribution is -2.62. The SMILES string of the molecule is CC1(C)CCCC1(CO)N1CCNCC1. The van der Waals surface area contributed by atoms with Gasteiger partial charge in [0.25, 0.3) is 0 Å². The maximum atomic E-state index is 9.84. The van der Waals surface area contributed by atoms with Gasteiger partial charge in [0.15, 0.2) is 0 Å². The Balaban J connectivity index is 2.19. The van der Waals surface area contributed by atoms with Crippen LogP contribution in [-0.2, 0) is 0 Å². The molecule has 2 aliphatic rings. The van der Waals surface area contributed by atoms with Crippen LogP contribution in [0.25, 0.3) is 0 Å². The maximum absolute atomic E-state index is 9.84. The van der Waals surface area contributed by atoms with Crippen molar-refractivity contribution in [1.82, 2.24) is 10.2 Å². The molecule has 2 N–H and O–H groups in total. The predicted molar refractivity (Wildman–Crippen MR) is 61.9 cm³/mol. The first-order valence-corrected chi connectivity index (χ1v) is 6.19. The molecule has 15 heavy (non-hydrogen) atoms. The molecule has 1 aliphatic carbocycles. The van der Waals surface area contributed by atoms with E-state index < -0.39 is 0 Å². The van der Waals surface area contributed by atoms with E-state index in [9.17, 15) is 5.11 Å². The molecule has 1 saturated carbocycles. The van der Waals surface area contributed by atoms with Gasteiger partial charge in [-0.05, 0) is 18.3 Å². The Morgan fingerprint density at radius 1 is 1.20 bits per heavy atom. The van der Waals surface area contributed by atoms with Crippen LogP contribution in [0, 0.1) is 5.41 Å². The molecular weight excluding hydrogens is 188 g/mol. The number of aliphatic hydroxyl groups excluding tert-OH is 1. The molecule has 0 aromatic rings. The highest BCUT2D eigenvalue weighted by Gasteiger charge is 2.51.